The van der Waals surface area contributed by atoms with E-state index in [1.165, 1.54) is 103 Å². The first-order valence-corrected chi connectivity index (χ1v) is 23.9. The second-order valence-electron chi connectivity index (χ2n) is 16.3. The summed E-state index contributed by atoms with van der Waals surface area (Å²) in [5.41, 5.74) is 0. The summed E-state index contributed by atoms with van der Waals surface area (Å²) in [6, 6.07) is 0. The molecule has 1 N–H and O–H groups in total. The van der Waals surface area contributed by atoms with Crippen LogP contribution in [0.2, 0.25) is 0 Å². The van der Waals surface area contributed by atoms with Crippen LogP contribution in [0.4, 0.5) is 4.79 Å². The fraction of sp³-hybridized carbons (Fsp3) is 0.957. The number of aliphatic hydroxyl groups excluding tert-OH is 1. The number of unbranched alkanes of at least 4 members (excludes halogenated alkanes) is 23. The molecule has 54 heavy (non-hydrogen) atoms. The van der Waals surface area contributed by atoms with Gasteiger partial charge in [0.2, 0.25) is 0 Å². The number of carbonyl (C=O) groups excluding carboxylic acids is 2. The molecule has 7 nitrogen and oxygen atoms in total. The van der Waals surface area contributed by atoms with Gasteiger partial charge in [-0.2, -0.15) is 0 Å². The largest absolute Gasteiger partial charge is 0.465 e. The van der Waals surface area contributed by atoms with Gasteiger partial charge in [0.05, 0.1) is 19.1 Å². The lowest BCUT2D eigenvalue weighted by Crippen LogP contribution is -2.33. The Kier molecular flexibility index (Phi) is 41.7. The number of ether oxygens (including phenoxy) is 2. The predicted octanol–water partition coefficient (Wildman–Crippen LogP) is 13.4. The number of carbonyl (C=O) groups is 2. The molecule has 0 aliphatic carbocycles. The first-order chi connectivity index (χ1) is 26.5. The Bertz CT molecular complexity index is 723. The second kappa shape index (κ2) is 42.8. The summed E-state index contributed by atoms with van der Waals surface area (Å²) in [5, 5.41) is 9.32. The molecule has 0 aromatic rings. The molecule has 0 fully saturated rings. The highest BCUT2D eigenvalue weighted by Crippen LogP contribution is 2.21. The molecule has 7 heteroatoms. The minimum Gasteiger partial charge on any atom is -0.465 e. The van der Waals surface area contributed by atoms with Gasteiger partial charge in [0.1, 0.15) is 0 Å². The molecular formula is C47H94N2O5. The number of nitrogens with zero attached hydrogens (tertiary/aromatic N) is 2. The summed E-state index contributed by atoms with van der Waals surface area (Å²) in [5.74, 6) is 0.141. The van der Waals surface area contributed by atoms with Crippen LogP contribution >= 0.6 is 0 Å². The summed E-state index contributed by atoms with van der Waals surface area (Å²) in [4.78, 5) is 30.4. The van der Waals surface area contributed by atoms with E-state index in [0.29, 0.717) is 13.2 Å². The van der Waals surface area contributed by atoms with Gasteiger partial charge in [0, 0.05) is 19.7 Å². The zero-order chi connectivity index (χ0) is 39.6. The van der Waals surface area contributed by atoms with Crippen LogP contribution in [0.25, 0.3) is 0 Å². The van der Waals surface area contributed by atoms with Gasteiger partial charge in [0.15, 0.2) is 0 Å². The lowest BCUT2D eigenvalue weighted by Gasteiger charge is -2.23. The van der Waals surface area contributed by atoms with Crippen molar-refractivity contribution in [3.8, 4) is 0 Å². The van der Waals surface area contributed by atoms with Crippen LogP contribution in [-0.4, -0.2) is 79.5 Å². The number of hydrogen-bond acceptors (Lipinski definition) is 6. The number of hydrogen-bond donors (Lipinski definition) is 1. The highest BCUT2D eigenvalue weighted by atomic mass is 16.6. The van der Waals surface area contributed by atoms with Gasteiger partial charge in [-0.1, -0.05) is 169 Å². The third kappa shape index (κ3) is 35.1. The van der Waals surface area contributed by atoms with Crippen LogP contribution in [0.5, 0.6) is 0 Å². The highest BCUT2D eigenvalue weighted by molar-refractivity contribution is 5.72. The van der Waals surface area contributed by atoms with Gasteiger partial charge in [-0.25, -0.2) is 4.79 Å². The summed E-state index contributed by atoms with van der Waals surface area (Å²) >= 11 is 0. The maximum absolute atomic E-state index is 13.0. The molecular weight excluding hydrogens is 673 g/mol. The zero-order valence-electron chi connectivity index (χ0n) is 36.8. The van der Waals surface area contributed by atoms with E-state index in [-0.39, 0.29) is 24.6 Å². The SMILES string of the molecule is CCCCCCCCC(CCCCCC)C(=O)OCCCCCCN(CCCCO)CCCCCCOC(=O)N(CCCCCC)CCCCCCCC. The minimum atomic E-state index is -0.112. The van der Waals surface area contributed by atoms with Gasteiger partial charge < -0.3 is 24.4 Å². The zero-order valence-corrected chi connectivity index (χ0v) is 36.8. The first kappa shape index (κ1) is 52.7. The Labute approximate surface area is 336 Å². The molecule has 0 saturated carbocycles. The monoisotopic (exact) mass is 767 g/mol. The average Bonchev–Trinajstić information content (AvgIpc) is 3.17. The number of esters is 1. The predicted molar refractivity (Wildman–Crippen MR) is 231 cm³/mol. The molecule has 0 aromatic carbocycles. The first-order valence-electron chi connectivity index (χ1n) is 23.9. The third-order valence-electron chi connectivity index (χ3n) is 11.1. The molecule has 1 amide bonds. The molecule has 322 valence electrons. The van der Waals surface area contributed by atoms with Crippen molar-refractivity contribution in [1.82, 2.24) is 9.80 Å². The van der Waals surface area contributed by atoms with Gasteiger partial charge in [-0.15, -0.1) is 0 Å². The molecule has 0 spiro atoms. The van der Waals surface area contributed by atoms with Crippen molar-refractivity contribution in [1.29, 1.82) is 0 Å². The van der Waals surface area contributed by atoms with Gasteiger partial charge in [-0.3, -0.25) is 4.79 Å². The maximum atomic E-state index is 13.0. The van der Waals surface area contributed by atoms with Crippen molar-refractivity contribution in [2.24, 2.45) is 5.92 Å². The third-order valence-corrected chi connectivity index (χ3v) is 11.1. The van der Waals surface area contributed by atoms with Crippen molar-refractivity contribution in [2.45, 2.75) is 233 Å². The lowest BCUT2D eigenvalue weighted by molar-refractivity contribution is -0.149. The molecule has 0 rings (SSSR count). The second-order valence-corrected chi connectivity index (χ2v) is 16.3. The Morgan fingerprint density at radius 1 is 0.426 bits per heavy atom. The number of rotatable bonds is 43. The van der Waals surface area contributed by atoms with E-state index < -0.39 is 0 Å². The number of aliphatic hydroxyl groups is 1. The van der Waals surface area contributed by atoms with Crippen molar-refractivity contribution in [2.75, 3.05) is 52.5 Å². The van der Waals surface area contributed by atoms with Crippen molar-refractivity contribution in [3.63, 3.8) is 0 Å². The van der Waals surface area contributed by atoms with Crippen molar-refractivity contribution in [3.05, 3.63) is 0 Å². The van der Waals surface area contributed by atoms with Crippen LogP contribution < -0.4 is 0 Å². The Morgan fingerprint density at radius 2 is 0.778 bits per heavy atom. The Morgan fingerprint density at radius 3 is 1.26 bits per heavy atom. The molecule has 0 radical (unpaired) electrons. The fourth-order valence-electron chi connectivity index (χ4n) is 7.38. The summed E-state index contributed by atoms with van der Waals surface area (Å²) in [6.07, 6.45) is 37.0. The fourth-order valence-corrected chi connectivity index (χ4v) is 7.38. The van der Waals surface area contributed by atoms with Crippen molar-refractivity contribution >= 4 is 12.1 Å². The highest BCUT2D eigenvalue weighted by Gasteiger charge is 2.19. The number of amides is 1. The molecule has 1 unspecified atom stereocenters. The molecule has 0 bridgehead atoms. The van der Waals surface area contributed by atoms with E-state index in [1.54, 1.807) is 0 Å². The minimum absolute atomic E-state index is 0.0524. The van der Waals surface area contributed by atoms with E-state index in [2.05, 4.69) is 32.6 Å². The van der Waals surface area contributed by atoms with Crippen LogP contribution in [0, 0.1) is 5.92 Å². The normalized spacial score (nSPS) is 12.0. The quantitative estimate of drug-likeness (QED) is 0.0492. The average molecular weight is 767 g/mol. The summed E-state index contributed by atoms with van der Waals surface area (Å²) < 4.78 is 11.6. The van der Waals surface area contributed by atoms with Crippen molar-refractivity contribution < 1.29 is 24.2 Å². The van der Waals surface area contributed by atoms with E-state index >= 15 is 0 Å². The van der Waals surface area contributed by atoms with E-state index in [4.69, 9.17) is 9.47 Å². The summed E-state index contributed by atoms with van der Waals surface area (Å²) in [7, 11) is 0. The van der Waals surface area contributed by atoms with Crippen LogP contribution in [0.15, 0.2) is 0 Å². The molecule has 0 saturated heterocycles. The van der Waals surface area contributed by atoms with Crippen LogP contribution in [-0.2, 0) is 14.3 Å². The lowest BCUT2D eigenvalue weighted by atomic mass is 9.94. The maximum Gasteiger partial charge on any atom is 0.409 e. The Hall–Kier alpha value is -1.34. The topological polar surface area (TPSA) is 79.3 Å². The smallest absolute Gasteiger partial charge is 0.409 e. The van der Waals surface area contributed by atoms with Gasteiger partial charge in [0.25, 0.3) is 0 Å². The molecule has 0 heterocycles. The van der Waals surface area contributed by atoms with Gasteiger partial charge in [-0.05, 0) is 83.8 Å². The molecule has 1 atom stereocenters. The van der Waals surface area contributed by atoms with Gasteiger partial charge >= 0.3 is 12.1 Å². The van der Waals surface area contributed by atoms with E-state index in [9.17, 15) is 14.7 Å². The molecule has 0 aromatic heterocycles. The van der Waals surface area contributed by atoms with Crippen LogP contribution in [0.1, 0.15) is 233 Å². The summed E-state index contributed by atoms with van der Waals surface area (Å²) in [6.45, 7) is 15.2. The van der Waals surface area contributed by atoms with E-state index in [0.717, 1.165) is 135 Å². The molecule has 0 aliphatic rings. The van der Waals surface area contributed by atoms with E-state index in [1.807, 2.05) is 4.90 Å². The van der Waals surface area contributed by atoms with Crippen LogP contribution in [0.3, 0.4) is 0 Å². The molecule has 0 aliphatic heterocycles. The standard InChI is InChI=1S/C47H94N2O5/c1-5-9-13-17-19-26-36-45(35-25-15-11-7-3)46(51)53-43-33-23-21-27-37-48(39-31-32-42-50)38-28-22-24-34-44-54-47(52)49(40-29-16-12-8-4)41-30-20-18-14-10-6-2/h45,50H,5-44H2,1-4H3. The Balaban J connectivity index is 4.36.